The van der Waals surface area contributed by atoms with E-state index < -0.39 is 23.6 Å². The lowest BCUT2D eigenvalue weighted by molar-refractivity contribution is -0.363. The molecule has 0 aromatic heterocycles. The summed E-state index contributed by atoms with van der Waals surface area (Å²) >= 11 is 0. The molecule has 2 aromatic carbocycles. The maximum atomic E-state index is 12.7. The van der Waals surface area contributed by atoms with Crippen LogP contribution in [-0.2, 0) is 15.3 Å². The van der Waals surface area contributed by atoms with E-state index in [2.05, 4.69) is 0 Å². The van der Waals surface area contributed by atoms with E-state index in [1.54, 1.807) is 31.2 Å². The van der Waals surface area contributed by atoms with E-state index in [0.29, 0.717) is 30.2 Å². The summed E-state index contributed by atoms with van der Waals surface area (Å²) < 4.78 is 18.8. The van der Waals surface area contributed by atoms with Crippen LogP contribution in [0.3, 0.4) is 0 Å². The van der Waals surface area contributed by atoms with Gasteiger partial charge in [0.15, 0.2) is 17.1 Å². The molecule has 1 heterocycles. The van der Waals surface area contributed by atoms with Crippen molar-refractivity contribution in [1.29, 1.82) is 0 Å². The van der Waals surface area contributed by atoms with Gasteiger partial charge in [0.05, 0.1) is 5.97 Å². The molecule has 0 amide bonds. The van der Waals surface area contributed by atoms with Crippen LogP contribution in [0.1, 0.15) is 39.7 Å². The van der Waals surface area contributed by atoms with Crippen molar-refractivity contribution in [1.82, 2.24) is 4.90 Å². The van der Waals surface area contributed by atoms with E-state index in [-0.39, 0.29) is 6.42 Å². The fraction of sp³-hybridized carbons (Fsp3) is 0.435. The number of carboxylic acids is 1. The van der Waals surface area contributed by atoms with E-state index >= 15 is 0 Å². The molecule has 0 aliphatic carbocycles. The molecule has 0 fully saturated rings. The Morgan fingerprint density at radius 1 is 1.03 bits per heavy atom. The van der Waals surface area contributed by atoms with Gasteiger partial charge in [-0.05, 0) is 38.6 Å². The summed E-state index contributed by atoms with van der Waals surface area (Å²) in [6.45, 7) is 9.00. The predicted molar refractivity (Wildman–Crippen MR) is 107 cm³/mol. The molecule has 6 heteroatoms. The minimum Gasteiger partial charge on any atom is -0.547 e. The topological polar surface area (TPSA) is 71.1 Å². The van der Waals surface area contributed by atoms with E-state index in [1.165, 1.54) is 0 Å². The molecule has 2 atom stereocenters. The Bertz CT molecular complexity index is 811. The van der Waals surface area contributed by atoms with Crippen LogP contribution in [0.4, 0.5) is 0 Å². The molecular weight excluding hydrogens is 370 g/mol. The highest BCUT2D eigenvalue weighted by atomic mass is 16.8. The van der Waals surface area contributed by atoms with Gasteiger partial charge in [-0.15, -0.1) is 0 Å². The highest BCUT2D eigenvalue weighted by Crippen LogP contribution is 2.51. The highest BCUT2D eigenvalue weighted by molar-refractivity contribution is 5.78. The van der Waals surface area contributed by atoms with Crippen molar-refractivity contribution >= 4 is 5.97 Å². The predicted octanol–water partition coefficient (Wildman–Crippen LogP) is 2.91. The monoisotopic (exact) mass is 398 g/mol. The molecule has 0 radical (unpaired) electrons. The van der Waals surface area contributed by atoms with Crippen molar-refractivity contribution in [3.05, 3.63) is 60.2 Å². The fourth-order valence-electron chi connectivity index (χ4n) is 3.95. The second-order valence-corrected chi connectivity index (χ2v) is 7.04. The molecule has 6 nitrogen and oxygen atoms in total. The number of benzene rings is 2. The number of para-hydroxylation sites is 2. The lowest BCUT2D eigenvalue weighted by atomic mass is 9.84. The summed E-state index contributed by atoms with van der Waals surface area (Å²) in [6.07, 6.45) is -0.400. The Morgan fingerprint density at radius 2 is 1.55 bits per heavy atom. The zero-order chi connectivity index (χ0) is 21.1. The minimum atomic E-state index is -1.88. The average molecular weight is 398 g/mol. The van der Waals surface area contributed by atoms with Gasteiger partial charge in [0.25, 0.3) is 0 Å². The van der Waals surface area contributed by atoms with Gasteiger partial charge in [0.1, 0.15) is 6.23 Å². The molecule has 2 aromatic rings. The van der Waals surface area contributed by atoms with Crippen LogP contribution in [0.15, 0.2) is 54.6 Å². The van der Waals surface area contributed by atoms with E-state index in [0.717, 1.165) is 0 Å². The SMILES string of the molecule is CCN(CC)C(C)OC(CC)(C(=O)[O-])C1(c2ccccc2)Oc2ccccc2O1. The molecule has 0 saturated heterocycles. The van der Waals surface area contributed by atoms with Crippen LogP contribution >= 0.6 is 0 Å². The van der Waals surface area contributed by atoms with Crippen LogP contribution in [0.2, 0.25) is 0 Å². The van der Waals surface area contributed by atoms with Crippen LogP contribution in [0.25, 0.3) is 0 Å². The molecule has 0 N–H and O–H groups in total. The number of nitrogens with zero attached hydrogens (tertiary/aromatic N) is 1. The van der Waals surface area contributed by atoms with Crippen molar-refractivity contribution < 1.29 is 24.1 Å². The number of rotatable bonds is 9. The Kier molecular flexibility index (Phi) is 6.15. The van der Waals surface area contributed by atoms with Gasteiger partial charge in [-0.2, -0.15) is 0 Å². The summed E-state index contributed by atoms with van der Waals surface area (Å²) in [5, 5.41) is 12.7. The van der Waals surface area contributed by atoms with E-state index in [1.807, 2.05) is 56.0 Å². The summed E-state index contributed by atoms with van der Waals surface area (Å²) in [6, 6.07) is 16.2. The van der Waals surface area contributed by atoms with Crippen LogP contribution < -0.4 is 14.6 Å². The number of ether oxygens (including phenoxy) is 3. The molecular formula is C23H28NO5-. The first-order chi connectivity index (χ1) is 13.9. The van der Waals surface area contributed by atoms with Crippen LogP contribution in [-0.4, -0.2) is 35.8 Å². The number of carbonyl (C=O) groups is 1. The first kappa shape index (κ1) is 21.1. The van der Waals surface area contributed by atoms with Crippen LogP contribution in [0.5, 0.6) is 11.5 Å². The molecule has 0 spiro atoms. The third-order valence-electron chi connectivity index (χ3n) is 5.57. The van der Waals surface area contributed by atoms with E-state index in [4.69, 9.17) is 14.2 Å². The maximum Gasteiger partial charge on any atom is 0.313 e. The van der Waals surface area contributed by atoms with Gasteiger partial charge in [-0.3, -0.25) is 4.90 Å². The first-order valence-corrected chi connectivity index (χ1v) is 10.1. The first-order valence-electron chi connectivity index (χ1n) is 10.1. The summed E-state index contributed by atoms with van der Waals surface area (Å²) in [4.78, 5) is 14.7. The Hall–Kier alpha value is -2.57. The molecule has 1 aliphatic heterocycles. The molecule has 156 valence electrons. The van der Waals surface area contributed by atoms with Gasteiger partial charge >= 0.3 is 5.79 Å². The number of aliphatic carboxylic acids is 1. The quantitative estimate of drug-likeness (QED) is 0.605. The Morgan fingerprint density at radius 3 is 2.00 bits per heavy atom. The largest absolute Gasteiger partial charge is 0.547 e. The summed E-state index contributed by atoms with van der Waals surface area (Å²) in [5.74, 6) is -2.16. The molecule has 0 bridgehead atoms. The lowest BCUT2D eigenvalue weighted by Gasteiger charge is -2.48. The third-order valence-corrected chi connectivity index (χ3v) is 5.57. The second kappa shape index (κ2) is 8.43. The number of carbonyl (C=O) groups excluding carboxylic acids is 1. The van der Waals surface area contributed by atoms with Crippen LogP contribution in [0, 0.1) is 0 Å². The molecule has 1 aliphatic rings. The van der Waals surface area contributed by atoms with E-state index in [9.17, 15) is 9.90 Å². The smallest absolute Gasteiger partial charge is 0.313 e. The Labute approximate surface area is 172 Å². The number of carboxylic acid groups (broad SMARTS) is 1. The van der Waals surface area contributed by atoms with Crippen molar-refractivity contribution in [2.24, 2.45) is 0 Å². The summed E-state index contributed by atoms with van der Waals surface area (Å²) in [7, 11) is 0. The molecule has 2 unspecified atom stereocenters. The molecule has 29 heavy (non-hydrogen) atoms. The maximum absolute atomic E-state index is 12.7. The van der Waals surface area contributed by atoms with Gasteiger partial charge < -0.3 is 24.1 Å². The average Bonchev–Trinajstić information content (AvgIpc) is 3.14. The zero-order valence-electron chi connectivity index (χ0n) is 17.4. The van der Waals surface area contributed by atoms with Crippen molar-refractivity contribution in [2.45, 2.75) is 51.7 Å². The number of fused-ring (bicyclic) bond motifs is 1. The Balaban J connectivity index is 2.17. The molecule has 3 rings (SSSR count). The number of hydrogen-bond acceptors (Lipinski definition) is 6. The van der Waals surface area contributed by atoms with Crippen molar-refractivity contribution in [2.75, 3.05) is 13.1 Å². The van der Waals surface area contributed by atoms with Gasteiger partial charge in [0, 0.05) is 5.56 Å². The normalized spacial score (nSPS) is 17.7. The fourth-order valence-corrected chi connectivity index (χ4v) is 3.95. The van der Waals surface area contributed by atoms with Crippen molar-refractivity contribution in [3.8, 4) is 11.5 Å². The second-order valence-electron chi connectivity index (χ2n) is 7.04. The number of hydrogen-bond donors (Lipinski definition) is 0. The molecule has 0 saturated carbocycles. The standard InChI is InChI=1S/C23H29NO5/c1-5-22(21(25)26,27-17(4)24(6-2)7-3)23(18-13-9-8-10-14-18)28-19-15-11-12-16-20(19)29-23/h8-17H,5-7H2,1-4H3,(H,25,26)/p-1. The van der Waals surface area contributed by atoms with Gasteiger partial charge in [-0.25, -0.2) is 0 Å². The lowest BCUT2D eigenvalue weighted by Crippen LogP contribution is -2.68. The minimum absolute atomic E-state index is 0.0871. The third kappa shape index (κ3) is 3.47. The highest BCUT2D eigenvalue weighted by Gasteiger charge is 2.63. The zero-order valence-corrected chi connectivity index (χ0v) is 17.4. The summed E-state index contributed by atoms with van der Waals surface area (Å²) in [5.41, 5.74) is -1.33. The van der Waals surface area contributed by atoms with Crippen molar-refractivity contribution in [3.63, 3.8) is 0 Å². The van der Waals surface area contributed by atoms with Gasteiger partial charge in [-0.1, -0.05) is 63.2 Å². The van der Waals surface area contributed by atoms with Gasteiger partial charge in [0.2, 0.25) is 0 Å².